The number of aryl methyl sites for hydroxylation is 2. The zero-order chi connectivity index (χ0) is 24.1. The topological polar surface area (TPSA) is 103 Å². The Morgan fingerprint density at radius 1 is 1.17 bits per heavy atom. The minimum atomic E-state index is -0.157. The predicted molar refractivity (Wildman–Crippen MR) is 135 cm³/mol. The summed E-state index contributed by atoms with van der Waals surface area (Å²) in [7, 11) is 0. The number of hydrogen-bond acceptors (Lipinski definition) is 5. The third-order valence-corrected chi connectivity index (χ3v) is 6.93. The van der Waals surface area contributed by atoms with Gasteiger partial charge in [0.15, 0.2) is 0 Å². The normalized spacial score (nSPS) is 13.5. The van der Waals surface area contributed by atoms with Crippen LogP contribution in [-0.4, -0.2) is 30.1 Å². The predicted octanol–water partition coefficient (Wildman–Crippen LogP) is 4.13. The number of anilines is 1. The second-order valence-electron chi connectivity index (χ2n) is 9.38. The second-order valence-corrected chi connectivity index (χ2v) is 9.38. The Hall–Kier alpha value is -4.20. The number of hydrogen-bond donors (Lipinski definition) is 2. The van der Waals surface area contributed by atoms with Crippen LogP contribution in [0.5, 0.6) is 0 Å². The van der Waals surface area contributed by atoms with Gasteiger partial charge in [0.05, 0.1) is 24.0 Å². The molecular weight excluding hydrogens is 438 g/mol. The molecule has 0 aliphatic heterocycles. The van der Waals surface area contributed by atoms with Gasteiger partial charge in [-0.1, -0.05) is 6.07 Å². The molecule has 0 atom stereocenters. The van der Waals surface area contributed by atoms with Crippen LogP contribution in [0.3, 0.4) is 0 Å². The van der Waals surface area contributed by atoms with E-state index < -0.39 is 0 Å². The molecule has 0 bridgehead atoms. The quantitative estimate of drug-likeness (QED) is 0.392. The zero-order valence-electron chi connectivity index (χ0n) is 19.8. The van der Waals surface area contributed by atoms with Crippen molar-refractivity contribution >= 4 is 28.1 Å². The summed E-state index contributed by atoms with van der Waals surface area (Å²) < 4.78 is 3.94. The molecule has 35 heavy (non-hydrogen) atoms. The van der Waals surface area contributed by atoms with Crippen LogP contribution in [-0.2, 0) is 13.1 Å². The van der Waals surface area contributed by atoms with Gasteiger partial charge in [-0.3, -0.25) is 9.48 Å². The number of nitrogens with two attached hydrogens (primary N) is 1. The summed E-state index contributed by atoms with van der Waals surface area (Å²) in [5.41, 5.74) is 13.0. The molecule has 5 aromatic rings. The average molecular weight is 466 g/mol. The third-order valence-electron chi connectivity index (χ3n) is 6.93. The number of imidazole rings is 1. The Morgan fingerprint density at radius 3 is 2.86 bits per heavy atom. The van der Waals surface area contributed by atoms with E-state index in [1.807, 2.05) is 25.1 Å². The summed E-state index contributed by atoms with van der Waals surface area (Å²) in [5, 5.41) is 9.44. The van der Waals surface area contributed by atoms with Crippen LogP contribution in [0.4, 0.5) is 5.82 Å². The number of nitrogens with one attached hydrogen (secondary N) is 1. The smallest absolute Gasteiger partial charge is 0.254 e. The van der Waals surface area contributed by atoms with Crippen molar-refractivity contribution < 1.29 is 4.79 Å². The Kier molecular flexibility index (Phi) is 5.02. The monoisotopic (exact) mass is 465 g/mol. The zero-order valence-corrected chi connectivity index (χ0v) is 19.8. The molecule has 0 unspecified atom stereocenters. The minimum Gasteiger partial charge on any atom is -0.383 e. The first kappa shape index (κ1) is 21.3. The highest BCUT2D eigenvalue weighted by Crippen LogP contribution is 2.40. The second kappa shape index (κ2) is 8.23. The van der Waals surface area contributed by atoms with E-state index in [1.54, 1.807) is 23.3 Å². The highest BCUT2D eigenvalue weighted by atomic mass is 16.1. The fourth-order valence-corrected chi connectivity index (χ4v) is 4.88. The number of amides is 1. The molecule has 1 fully saturated rings. The molecular formula is C27H27N7O. The highest BCUT2D eigenvalue weighted by molar-refractivity contribution is 5.95. The summed E-state index contributed by atoms with van der Waals surface area (Å²) in [5.74, 6) is 1.01. The van der Waals surface area contributed by atoms with Crippen LogP contribution in [0.25, 0.3) is 16.4 Å². The van der Waals surface area contributed by atoms with Gasteiger partial charge in [-0.2, -0.15) is 5.10 Å². The fourth-order valence-electron chi connectivity index (χ4n) is 4.88. The lowest BCUT2D eigenvalue weighted by atomic mass is 9.96. The van der Waals surface area contributed by atoms with Crippen molar-refractivity contribution in [3.8, 4) is 0 Å². The lowest BCUT2D eigenvalue weighted by molar-refractivity contribution is 0.0950. The van der Waals surface area contributed by atoms with Gasteiger partial charge >= 0.3 is 0 Å². The first-order valence-electron chi connectivity index (χ1n) is 11.9. The van der Waals surface area contributed by atoms with E-state index >= 15 is 0 Å². The van der Waals surface area contributed by atoms with Crippen molar-refractivity contribution in [2.45, 2.75) is 45.7 Å². The van der Waals surface area contributed by atoms with Gasteiger partial charge in [0.2, 0.25) is 0 Å². The van der Waals surface area contributed by atoms with Crippen LogP contribution >= 0.6 is 0 Å². The van der Waals surface area contributed by atoms with Crippen molar-refractivity contribution in [1.29, 1.82) is 0 Å². The molecule has 1 aliphatic rings. The number of fused-ring (bicyclic) bond motifs is 2. The fraction of sp³-hybridized carbons (Fsp3) is 0.259. The molecule has 0 radical (unpaired) electrons. The number of rotatable bonds is 6. The molecule has 0 saturated heterocycles. The summed E-state index contributed by atoms with van der Waals surface area (Å²) in [6, 6.07) is 10.3. The van der Waals surface area contributed by atoms with Gasteiger partial charge in [-0.05, 0) is 78.9 Å². The number of nitrogens with zero attached hydrogens (tertiary/aromatic N) is 5. The Balaban J connectivity index is 1.17. The summed E-state index contributed by atoms with van der Waals surface area (Å²) in [6.07, 6.45) is 9.66. The largest absolute Gasteiger partial charge is 0.383 e. The van der Waals surface area contributed by atoms with Crippen molar-refractivity contribution in [3.05, 3.63) is 88.8 Å². The van der Waals surface area contributed by atoms with E-state index in [9.17, 15) is 4.79 Å². The lowest BCUT2D eigenvalue weighted by Crippen LogP contribution is -2.23. The summed E-state index contributed by atoms with van der Waals surface area (Å²) in [4.78, 5) is 21.8. The molecule has 6 rings (SSSR count). The molecule has 4 aromatic heterocycles. The molecule has 8 heteroatoms. The molecule has 176 valence electrons. The highest BCUT2D eigenvalue weighted by Gasteiger charge is 2.26. The standard InChI is InChI=1S/C27H27N7O/c1-16-10-22-21(8-9-29-26(22)28)17(2)23(16)12-30-27(35)19-11-31-33(13-19)14-20-15-34-24(18-6-7-18)4-3-5-25(34)32-20/h3-5,8-11,13,15,18H,6-7,12,14H2,1-2H3,(H2,28,29)(H,30,35). The van der Waals surface area contributed by atoms with Gasteiger partial charge in [0.1, 0.15) is 11.5 Å². The van der Waals surface area contributed by atoms with Gasteiger partial charge in [-0.25, -0.2) is 9.97 Å². The number of pyridine rings is 2. The maximum atomic E-state index is 12.9. The first-order chi connectivity index (χ1) is 17.0. The van der Waals surface area contributed by atoms with Crippen molar-refractivity contribution in [2.75, 3.05) is 5.73 Å². The van der Waals surface area contributed by atoms with Crippen molar-refractivity contribution in [1.82, 2.24) is 29.5 Å². The molecule has 1 aromatic carbocycles. The van der Waals surface area contributed by atoms with Crippen LogP contribution < -0.4 is 11.1 Å². The van der Waals surface area contributed by atoms with E-state index in [1.165, 1.54) is 18.5 Å². The number of carbonyl (C=O) groups excluding carboxylic acids is 1. The minimum absolute atomic E-state index is 0.157. The molecule has 4 heterocycles. The number of aromatic nitrogens is 5. The van der Waals surface area contributed by atoms with Crippen LogP contribution in [0.15, 0.2) is 55.1 Å². The lowest BCUT2D eigenvalue weighted by Gasteiger charge is -2.14. The number of carbonyl (C=O) groups is 1. The number of nitrogen functional groups attached to an aromatic ring is 1. The molecule has 0 spiro atoms. The van der Waals surface area contributed by atoms with Crippen molar-refractivity contribution in [2.24, 2.45) is 0 Å². The van der Waals surface area contributed by atoms with Crippen LogP contribution in [0, 0.1) is 13.8 Å². The molecule has 8 nitrogen and oxygen atoms in total. The first-order valence-corrected chi connectivity index (χ1v) is 11.9. The molecule has 3 N–H and O–H groups in total. The summed E-state index contributed by atoms with van der Waals surface area (Å²) >= 11 is 0. The third kappa shape index (κ3) is 3.90. The maximum absolute atomic E-state index is 12.9. The van der Waals surface area contributed by atoms with E-state index in [0.717, 1.165) is 38.8 Å². The summed E-state index contributed by atoms with van der Waals surface area (Å²) in [6.45, 7) is 5.02. The van der Waals surface area contributed by atoms with Gasteiger partial charge < -0.3 is 15.5 Å². The Labute approximate surface area is 202 Å². The van der Waals surface area contributed by atoms with Crippen molar-refractivity contribution in [3.63, 3.8) is 0 Å². The Morgan fingerprint density at radius 2 is 2.03 bits per heavy atom. The molecule has 1 aliphatic carbocycles. The number of benzene rings is 1. The molecule has 1 saturated carbocycles. The average Bonchev–Trinajstić information content (AvgIpc) is 3.44. The Bertz CT molecular complexity index is 1590. The molecule has 1 amide bonds. The van der Waals surface area contributed by atoms with E-state index in [-0.39, 0.29) is 5.91 Å². The van der Waals surface area contributed by atoms with E-state index in [2.05, 4.69) is 45.1 Å². The van der Waals surface area contributed by atoms with Gasteiger partial charge in [0.25, 0.3) is 5.91 Å². The van der Waals surface area contributed by atoms with Gasteiger partial charge in [0, 0.05) is 36.2 Å². The maximum Gasteiger partial charge on any atom is 0.254 e. The SMILES string of the molecule is Cc1cc2c(N)nccc2c(C)c1CNC(=O)c1cnn(Cc2cn3c(C4CC4)cccc3n2)c1. The van der Waals surface area contributed by atoms with E-state index in [4.69, 9.17) is 10.7 Å². The van der Waals surface area contributed by atoms with E-state index in [0.29, 0.717) is 30.4 Å². The van der Waals surface area contributed by atoms with Crippen LogP contribution in [0.1, 0.15) is 57.2 Å². The van der Waals surface area contributed by atoms with Gasteiger partial charge in [-0.15, -0.1) is 0 Å². The van der Waals surface area contributed by atoms with Crippen LogP contribution in [0.2, 0.25) is 0 Å².